The third-order valence-corrected chi connectivity index (χ3v) is 4.99. The maximum absolute atomic E-state index is 12.2. The van der Waals surface area contributed by atoms with Crippen molar-refractivity contribution in [3.05, 3.63) is 45.3 Å². The van der Waals surface area contributed by atoms with Crippen LogP contribution in [0.15, 0.2) is 39.7 Å². The Hall–Kier alpha value is -1.14. The zero-order valence-corrected chi connectivity index (χ0v) is 12.8. The molecular formula is C11H12BrN2O4P. The Balaban J connectivity index is 2.50. The number of H-pyrrole nitrogens is 1. The molecule has 0 aliphatic carbocycles. The molecule has 0 amide bonds. The second-order valence-electron chi connectivity index (χ2n) is 3.66. The van der Waals surface area contributed by atoms with Crippen LogP contribution in [0.5, 0.6) is 0 Å². The average Bonchev–Trinajstić information content (AvgIpc) is 2.81. The van der Waals surface area contributed by atoms with Gasteiger partial charge in [0, 0.05) is 24.9 Å². The van der Waals surface area contributed by atoms with Crippen LogP contribution in [-0.2, 0) is 13.6 Å². The summed E-state index contributed by atoms with van der Waals surface area (Å²) in [5.41, 5.74) is 0.222. The Kier molecular flexibility index (Phi) is 4.10. The average molecular weight is 347 g/mol. The maximum Gasteiger partial charge on any atom is 0.368 e. The molecule has 0 bridgehead atoms. The molecule has 0 fully saturated rings. The van der Waals surface area contributed by atoms with Crippen LogP contribution in [0.3, 0.4) is 0 Å². The predicted molar refractivity (Wildman–Crippen MR) is 75.3 cm³/mol. The molecule has 1 aromatic carbocycles. The fraction of sp³-hybridized carbons (Fsp3) is 0.182. The summed E-state index contributed by atoms with van der Waals surface area (Å²) in [5.74, 6) is 0. The number of hydrogen-bond acceptors (Lipinski definition) is 4. The summed E-state index contributed by atoms with van der Waals surface area (Å²) >= 11 is 3.33. The van der Waals surface area contributed by atoms with Crippen molar-refractivity contribution in [1.29, 1.82) is 0 Å². The van der Waals surface area contributed by atoms with Crippen molar-refractivity contribution >= 4 is 28.8 Å². The standard InChI is InChI=1S/C11H12BrN2O4P/c1-17-19(16,18-2)10-7-14(13-11(10)15)9-5-3-8(12)4-6-9/h3-7H,1-2H3,(H,13,15). The topological polar surface area (TPSA) is 73.3 Å². The molecule has 0 unspecified atom stereocenters. The van der Waals surface area contributed by atoms with Gasteiger partial charge in [-0.2, -0.15) is 0 Å². The molecule has 102 valence electrons. The summed E-state index contributed by atoms with van der Waals surface area (Å²) in [6, 6.07) is 7.27. The SMILES string of the molecule is COP(=O)(OC)c1cn(-c2ccc(Br)cc2)[nH]c1=O. The van der Waals surface area contributed by atoms with E-state index in [2.05, 4.69) is 21.0 Å². The monoisotopic (exact) mass is 346 g/mol. The van der Waals surface area contributed by atoms with Gasteiger partial charge in [-0.05, 0) is 24.3 Å². The molecule has 2 rings (SSSR count). The van der Waals surface area contributed by atoms with Crippen LogP contribution in [0.2, 0.25) is 0 Å². The number of aromatic amines is 1. The fourth-order valence-electron chi connectivity index (χ4n) is 1.59. The van der Waals surface area contributed by atoms with Gasteiger partial charge in [-0.15, -0.1) is 0 Å². The predicted octanol–water partition coefficient (Wildman–Crippen LogP) is 2.04. The largest absolute Gasteiger partial charge is 0.368 e. The van der Waals surface area contributed by atoms with Gasteiger partial charge in [0.1, 0.15) is 5.30 Å². The molecule has 1 aromatic heterocycles. The van der Waals surface area contributed by atoms with Gasteiger partial charge in [0.05, 0.1) is 5.69 Å². The van der Waals surface area contributed by atoms with Gasteiger partial charge in [0.15, 0.2) is 0 Å². The minimum absolute atomic E-state index is 0.0274. The molecule has 1 heterocycles. The van der Waals surface area contributed by atoms with Crippen molar-refractivity contribution in [2.24, 2.45) is 0 Å². The van der Waals surface area contributed by atoms with Gasteiger partial charge in [0.25, 0.3) is 5.56 Å². The first-order chi connectivity index (χ1) is 9.00. The molecule has 0 radical (unpaired) electrons. The van der Waals surface area contributed by atoms with Crippen LogP contribution in [0.25, 0.3) is 5.69 Å². The smallest absolute Gasteiger partial charge is 0.308 e. The zero-order chi connectivity index (χ0) is 14.0. The molecule has 0 spiro atoms. The normalized spacial score (nSPS) is 11.7. The molecule has 2 aromatic rings. The quantitative estimate of drug-likeness (QED) is 0.859. The highest BCUT2D eigenvalue weighted by molar-refractivity contribution is 9.10. The van der Waals surface area contributed by atoms with Crippen molar-refractivity contribution in [1.82, 2.24) is 9.78 Å². The number of nitrogens with one attached hydrogen (secondary N) is 1. The van der Waals surface area contributed by atoms with Crippen LogP contribution >= 0.6 is 23.5 Å². The van der Waals surface area contributed by atoms with Crippen LogP contribution in [0.1, 0.15) is 0 Å². The van der Waals surface area contributed by atoms with Crippen LogP contribution < -0.4 is 10.9 Å². The first-order valence-corrected chi connectivity index (χ1v) is 7.63. The summed E-state index contributed by atoms with van der Waals surface area (Å²) in [5, 5.41) is 2.54. The van der Waals surface area contributed by atoms with Crippen molar-refractivity contribution in [3.63, 3.8) is 0 Å². The second kappa shape index (κ2) is 5.46. The summed E-state index contributed by atoms with van der Waals surface area (Å²) < 4.78 is 24.2. The lowest BCUT2D eigenvalue weighted by molar-refractivity contribution is 0.287. The molecule has 0 saturated carbocycles. The van der Waals surface area contributed by atoms with E-state index in [0.29, 0.717) is 0 Å². The lowest BCUT2D eigenvalue weighted by atomic mass is 10.3. The van der Waals surface area contributed by atoms with Gasteiger partial charge >= 0.3 is 7.60 Å². The molecule has 0 atom stereocenters. The Labute approximate surface area is 118 Å². The maximum atomic E-state index is 12.2. The highest BCUT2D eigenvalue weighted by atomic mass is 79.9. The van der Waals surface area contributed by atoms with Crippen LogP contribution in [0, 0.1) is 0 Å². The molecule has 0 aliphatic heterocycles. The Morgan fingerprint density at radius 3 is 2.32 bits per heavy atom. The molecule has 0 aliphatic rings. The number of benzene rings is 1. The van der Waals surface area contributed by atoms with Gasteiger partial charge in [-0.3, -0.25) is 19.1 Å². The van der Waals surface area contributed by atoms with Crippen molar-refractivity contribution in [2.75, 3.05) is 14.2 Å². The van der Waals surface area contributed by atoms with E-state index in [-0.39, 0.29) is 5.30 Å². The lowest BCUT2D eigenvalue weighted by Crippen LogP contribution is -2.22. The van der Waals surface area contributed by atoms with E-state index in [9.17, 15) is 9.36 Å². The van der Waals surface area contributed by atoms with E-state index in [1.54, 1.807) is 12.1 Å². The zero-order valence-electron chi connectivity index (χ0n) is 10.3. The molecular weight excluding hydrogens is 335 g/mol. The van der Waals surface area contributed by atoms with Gasteiger partial charge < -0.3 is 9.05 Å². The minimum Gasteiger partial charge on any atom is -0.308 e. The highest BCUT2D eigenvalue weighted by Gasteiger charge is 2.29. The van der Waals surface area contributed by atoms with Crippen molar-refractivity contribution in [3.8, 4) is 5.69 Å². The van der Waals surface area contributed by atoms with E-state index in [0.717, 1.165) is 10.2 Å². The number of halogens is 1. The van der Waals surface area contributed by atoms with E-state index < -0.39 is 13.2 Å². The summed E-state index contributed by atoms with van der Waals surface area (Å²) in [6.07, 6.45) is 1.42. The third kappa shape index (κ3) is 2.74. The summed E-state index contributed by atoms with van der Waals surface area (Å²) in [4.78, 5) is 11.8. The minimum atomic E-state index is -3.55. The van der Waals surface area contributed by atoms with Gasteiger partial charge in [-0.25, -0.2) is 0 Å². The van der Waals surface area contributed by atoms with Gasteiger partial charge in [-0.1, -0.05) is 15.9 Å². The van der Waals surface area contributed by atoms with Crippen molar-refractivity contribution in [2.45, 2.75) is 0 Å². The van der Waals surface area contributed by atoms with Gasteiger partial charge in [0.2, 0.25) is 0 Å². The number of rotatable bonds is 4. The Morgan fingerprint density at radius 1 is 1.21 bits per heavy atom. The molecule has 8 heteroatoms. The van der Waals surface area contributed by atoms with E-state index >= 15 is 0 Å². The number of nitrogens with zero attached hydrogens (tertiary/aromatic N) is 1. The summed E-state index contributed by atoms with van der Waals surface area (Å²) in [6.45, 7) is 0. The van der Waals surface area contributed by atoms with Crippen LogP contribution in [0.4, 0.5) is 0 Å². The molecule has 6 nitrogen and oxygen atoms in total. The number of aromatic nitrogens is 2. The Bertz CT molecular complexity index is 669. The third-order valence-electron chi connectivity index (χ3n) is 2.59. The highest BCUT2D eigenvalue weighted by Crippen LogP contribution is 2.43. The molecule has 1 N–H and O–H groups in total. The fourth-order valence-corrected chi connectivity index (χ4v) is 2.95. The molecule has 0 saturated heterocycles. The van der Waals surface area contributed by atoms with Crippen LogP contribution in [-0.4, -0.2) is 24.0 Å². The first kappa shape index (κ1) is 14.3. The summed E-state index contributed by atoms with van der Waals surface area (Å²) in [7, 11) is -1.08. The van der Waals surface area contributed by atoms with E-state index in [1.807, 2.05) is 12.1 Å². The van der Waals surface area contributed by atoms with E-state index in [1.165, 1.54) is 25.1 Å². The number of hydrogen-bond donors (Lipinski definition) is 1. The first-order valence-electron chi connectivity index (χ1n) is 5.30. The second-order valence-corrected chi connectivity index (χ2v) is 6.79. The lowest BCUT2D eigenvalue weighted by Gasteiger charge is -2.09. The Morgan fingerprint density at radius 2 is 1.79 bits per heavy atom. The van der Waals surface area contributed by atoms with E-state index in [4.69, 9.17) is 9.05 Å². The molecule has 19 heavy (non-hydrogen) atoms. The van der Waals surface area contributed by atoms with Crippen molar-refractivity contribution < 1.29 is 13.6 Å².